The number of carbonyl (C=O) groups is 1. The van der Waals surface area contributed by atoms with Crippen molar-refractivity contribution in [3.63, 3.8) is 0 Å². The largest absolute Gasteiger partial charge is 0.339 e. The van der Waals surface area contributed by atoms with E-state index in [1.165, 1.54) is 19.4 Å². The summed E-state index contributed by atoms with van der Waals surface area (Å²) in [6, 6.07) is 8.47. The second kappa shape index (κ2) is 7.79. The first-order valence-electron chi connectivity index (χ1n) is 7.50. The molecule has 1 aliphatic carbocycles. The van der Waals surface area contributed by atoms with E-state index in [0.717, 1.165) is 41.0 Å². The molecule has 2 aliphatic rings. The van der Waals surface area contributed by atoms with Crippen LogP contribution >= 0.6 is 35.0 Å². The molecule has 1 saturated carbocycles. The molecular formula is C16H22ClIN2O. The molecule has 1 amide bonds. The fourth-order valence-electron chi connectivity index (χ4n) is 2.75. The first-order valence-corrected chi connectivity index (χ1v) is 8.58. The van der Waals surface area contributed by atoms with Crippen LogP contribution in [0.15, 0.2) is 24.3 Å². The third-order valence-corrected chi connectivity index (χ3v) is 4.92. The average molecular weight is 421 g/mol. The van der Waals surface area contributed by atoms with E-state index in [0.29, 0.717) is 6.04 Å². The molecule has 1 aliphatic heterocycles. The topological polar surface area (TPSA) is 32.3 Å². The van der Waals surface area contributed by atoms with Gasteiger partial charge < -0.3 is 10.2 Å². The molecule has 1 aromatic carbocycles. The Kier molecular flexibility index (Phi) is 6.32. The number of amides is 1. The maximum Gasteiger partial charge on any atom is 0.253 e. The van der Waals surface area contributed by atoms with Gasteiger partial charge >= 0.3 is 0 Å². The molecule has 0 spiro atoms. The maximum atomic E-state index is 12.4. The lowest BCUT2D eigenvalue weighted by atomic mass is 10.0. The fourth-order valence-corrected chi connectivity index (χ4v) is 3.29. The molecule has 0 unspecified atom stereocenters. The van der Waals surface area contributed by atoms with Gasteiger partial charge in [0.05, 0.1) is 0 Å². The van der Waals surface area contributed by atoms with Crippen LogP contribution in [0.5, 0.6) is 0 Å². The summed E-state index contributed by atoms with van der Waals surface area (Å²) in [4.78, 5) is 14.4. The van der Waals surface area contributed by atoms with E-state index >= 15 is 0 Å². The molecule has 116 valence electrons. The number of halogens is 2. The van der Waals surface area contributed by atoms with Crippen LogP contribution in [0, 0.1) is 9.49 Å². The quantitative estimate of drug-likeness (QED) is 0.758. The van der Waals surface area contributed by atoms with E-state index in [1.807, 2.05) is 29.2 Å². The van der Waals surface area contributed by atoms with Crippen molar-refractivity contribution < 1.29 is 4.79 Å². The Morgan fingerprint density at radius 2 is 1.95 bits per heavy atom. The monoisotopic (exact) mass is 420 g/mol. The Labute approximate surface area is 146 Å². The van der Waals surface area contributed by atoms with Gasteiger partial charge in [-0.3, -0.25) is 4.79 Å². The van der Waals surface area contributed by atoms with Crippen LogP contribution in [0.3, 0.4) is 0 Å². The Hall–Kier alpha value is -0.330. The zero-order valence-electron chi connectivity index (χ0n) is 12.1. The maximum absolute atomic E-state index is 12.4. The third kappa shape index (κ3) is 4.83. The van der Waals surface area contributed by atoms with Gasteiger partial charge in [-0.15, -0.1) is 12.4 Å². The number of rotatable bonds is 4. The number of carbonyl (C=O) groups excluding carboxylic acids is 1. The lowest BCUT2D eigenvalue weighted by molar-refractivity contribution is 0.0705. The van der Waals surface area contributed by atoms with E-state index in [4.69, 9.17) is 0 Å². The molecule has 3 rings (SSSR count). The fraction of sp³-hybridized carbons (Fsp3) is 0.562. The van der Waals surface area contributed by atoms with Crippen molar-refractivity contribution in [1.82, 2.24) is 10.2 Å². The number of nitrogens with zero attached hydrogens (tertiary/aromatic N) is 1. The summed E-state index contributed by atoms with van der Waals surface area (Å²) >= 11 is 2.26. The summed E-state index contributed by atoms with van der Waals surface area (Å²) in [5.41, 5.74) is 0.821. The van der Waals surface area contributed by atoms with E-state index in [9.17, 15) is 4.79 Å². The standard InChI is InChI=1S/C16H21IN2O.ClH/c17-14-3-1-2-13(10-14)16(20)19-8-6-15(7-9-19)18-11-12-4-5-12;/h1-3,10,12,15,18H,4-9,11H2;1H. The zero-order chi connectivity index (χ0) is 13.9. The van der Waals surface area contributed by atoms with E-state index < -0.39 is 0 Å². The number of benzene rings is 1. The second-order valence-electron chi connectivity index (χ2n) is 5.93. The van der Waals surface area contributed by atoms with Gasteiger partial charge in [-0.1, -0.05) is 6.07 Å². The van der Waals surface area contributed by atoms with Crippen molar-refractivity contribution in [2.45, 2.75) is 31.7 Å². The first kappa shape index (κ1) is 17.0. The summed E-state index contributed by atoms with van der Waals surface area (Å²) in [6.45, 7) is 2.94. The van der Waals surface area contributed by atoms with Gasteiger partial charge in [0, 0.05) is 28.3 Å². The van der Waals surface area contributed by atoms with Gasteiger partial charge in [0.25, 0.3) is 5.91 Å². The Bertz CT molecular complexity index is 485. The van der Waals surface area contributed by atoms with Crippen molar-refractivity contribution in [2.24, 2.45) is 5.92 Å². The highest BCUT2D eigenvalue weighted by molar-refractivity contribution is 14.1. The molecular weight excluding hydrogens is 399 g/mol. The number of likely N-dealkylation sites (tertiary alicyclic amines) is 1. The number of nitrogens with one attached hydrogen (secondary N) is 1. The molecule has 1 heterocycles. The number of hydrogen-bond acceptors (Lipinski definition) is 2. The highest BCUT2D eigenvalue weighted by Crippen LogP contribution is 2.28. The second-order valence-corrected chi connectivity index (χ2v) is 7.17. The highest BCUT2D eigenvalue weighted by atomic mass is 127. The summed E-state index contributed by atoms with van der Waals surface area (Å²) in [5.74, 6) is 1.12. The third-order valence-electron chi connectivity index (χ3n) is 4.25. The Morgan fingerprint density at radius 1 is 1.24 bits per heavy atom. The van der Waals surface area contributed by atoms with Gasteiger partial charge in [0.1, 0.15) is 0 Å². The van der Waals surface area contributed by atoms with E-state index in [2.05, 4.69) is 27.9 Å². The van der Waals surface area contributed by atoms with Crippen molar-refractivity contribution in [1.29, 1.82) is 0 Å². The van der Waals surface area contributed by atoms with Crippen LogP contribution in [0.1, 0.15) is 36.0 Å². The SMILES string of the molecule is Cl.O=C(c1cccc(I)c1)N1CCC(NCC2CC2)CC1. The molecule has 0 bridgehead atoms. The number of piperidine rings is 1. The minimum Gasteiger partial charge on any atom is -0.339 e. The normalized spacial score (nSPS) is 19.2. The summed E-state index contributed by atoms with van der Waals surface area (Å²) in [5, 5.41) is 3.65. The van der Waals surface area contributed by atoms with Crippen molar-refractivity contribution >= 4 is 40.9 Å². The van der Waals surface area contributed by atoms with Crippen LogP contribution in [-0.2, 0) is 0 Å². The van der Waals surface area contributed by atoms with Gasteiger partial charge in [0.15, 0.2) is 0 Å². The molecule has 1 N–H and O–H groups in total. The molecule has 0 aromatic heterocycles. The van der Waals surface area contributed by atoms with E-state index in [1.54, 1.807) is 0 Å². The molecule has 2 fully saturated rings. The molecule has 1 saturated heterocycles. The molecule has 5 heteroatoms. The molecule has 21 heavy (non-hydrogen) atoms. The van der Waals surface area contributed by atoms with Crippen molar-refractivity contribution in [2.75, 3.05) is 19.6 Å². The molecule has 0 radical (unpaired) electrons. The molecule has 1 aromatic rings. The van der Waals surface area contributed by atoms with Crippen LogP contribution in [-0.4, -0.2) is 36.5 Å². The van der Waals surface area contributed by atoms with Crippen LogP contribution < -0.4 is 5.32 Å². The minimum absolute atomic E-state index is 0. The smallest absolute Gasteiger partial charge is 0.253 e. The zero-order valence-corrected chi connectivity index (χ0v) is 15.0. The number of hydrogen-bond donors (Lipinski definition) is 1. The Balaban J connectivity index is 0.00000161. The summed E-state index contributed by atoms with van der Waals surface area (Å²) in [7, 11) is 0. The van der Waals surface area contributed by atoms with Crippen LogP contribution in [0.25, 0.3) is 0 Å². The summed E-state index contributed by atoms with van der Waals surface area (Å²) < 4.78 is 1.12. The average Bonchev–Trinajstić information content (AvgIpc) is 3.29. The minimum atomic E-state index is 0. The van der Waals surface area contributed by atoms with Gasteiger partial charge in [-0.25, -0.2) is 0 Å². The Morgan fingerprint density at radius 3 is 2.57 bits per heavy atom. The highest BCUT2D eigenvalue weighted by Gasteiger charge is 2.26. The summed E-state index contributed by atoms with van der Waals surface area (Å²) in [6.07, 6.45) is 4.97. The predicted octanol–water partition coefficient (Wildman–Crippen LogP) is 3.32. The van der Waals surface area contributed by atoms with Gasteiger partial charge in [-0.05, 0) is 78.9 Å². The molecule has 0 atom stereocenters. The van der Waals surface area contributed by atoms with Gasteiger partial charge in [0.2, 0.25) is 0 Å². The van der Waals surface area contributed by atoms with Crippen molar-refractivity contribution in [3.05, 3.63) is 33.4 Å². The first-order chi connectivity index (χ1) is 9.72. The van der Waals surface area contributed by atoms with E-state index in [-0.39, 0.29) is 18.3 Å². The predicted molar refractivity (Wildman–Crippen MR) is 96.1 cm³/mol. The van der Waals surface area contributed by atoms with Crippen LogP contribution in [0.2, 0.25) is 0 Å². The lowest BCUT2D eigenvalue weighted by Gasteiger charge is -2.32. The van der Waals surface area contributed by atoms with Gasteiger partial charge in [-0.2, -0.15) is 0 Å². The molecule has 3 nitrogen and oxygen atoms in total. The van der Waals surface area contributed by atoms with Crippen molar-refractivity contribution in [3.8, 4) is 0 Å². The lowest BCUT2D eigenvalue weighted by Crippen LogP contribution is -2.45. The van der Waals surface area contributed by atoms with Crippen LogP contribution in [0.4, 0.5) is 0 Å².